The molecular weight excluding hydrogens is 544 g/mol. The van der Waals surface area contributed by atoms with E-state index in [1.54, 1.807) is 0 Å². The van der Waals surface area contributed by atoms with E-state index in [-0.39, 0.29) is 64.4 Å². The number of primary amides is 1. The third-order valence-corrected chi connectivity index (χ3v) is 7.11. The van der Waals surface area contributed by atoms with Crippen molar-refractivity contribution >= 4 is 23.7 Å². The molecule has 1 aliphatic rings. The predicted molar refractivity (Wildman–Crippen MR) is 154 cm³/mol. The van der Waals surface area contributed by atoms with Gasteiger partial charge in [0.15, 0.2) is 0 Å². The number of benzene rings is 2. The molecule has 3 amide bonds. The molecule has 2 atom stereocenters. The fourth-order valence-corrected chi connectivity index (χ4v) is 4.64. The van der Waals surface area contributed by atoms with Crippen molar-refractivity contribution in [2.45, 2.75) is 37.8 Å². The molecule has 0 aliphatic heterocycles. The number of likely N-dealkylation sites (N-methyl/N-ethyl adjacent to an activating group) is 1. The Labute approximate surface area is 245 Å². The van der Waals surface area contributed by atoms with E-state index in [1.165, 1.54) is 36.2 Å². The van der Waals surface area contributed by atoms with Crippen molar-refractivity contribution in [3.63, 3.8) is 0 Å². The molecule has 0 saturated carbocycles. The van der Waals surface area contributed by atoms with Crippen LogP contribution < -0.4 is 16.4 Å². The van der Waals surface area contributed by atoms with Crippen LogP contribution >= 0.6 is 0 Å². The number of ether oxygens (including phenoxy) is 3. The summed E-state index contributed by atoms with van der Waals surface area (Å²) >= 11 is 0. The molecule has 12 nitrogen and oxygen atoms in total. The number of carbonyl (C=O) groups is 4. The first-order valence-corrected chi connectivity index (χ1v) is 13.9. The lowest BCUT2D eigenvalue weighted by molar-refractivity contribution is -0.148. The van der Waals surface area contributed by atoms with E-state index in [2.05, 4.69) is 34.9 Å². The van der Waals surface area contributed by atoms with Gasteiger partial charge in [0.25, 0.3) is 0 Å². The average Bonchev–Trinajstić information content (AvgIpc) is 3.30. The molecular formula is C30H40N4O8. The lowest BCUT2D eigenvalue weighted by Gasteiger charge is -2.21. The molecule has 0 bridgehead atoms. The molecule has 2 unspecified atom stereocenters. The zero-order valence-electron chi connectivity index (χ0n) is 24.0. The first-order chi connectivity index (χ1) is 20.2. The van der Waals surface area contributed by atoms with E-state index in [9.17, 15) is 19.2 Å². The van der Waals surface area contributed by atoms with Crippen LogP contribution in [0.4, 0.5) is 0 Å². The number of nitrogens with zero attached hydrogens (tertiary/aromatic N) is 1. The molecule has 2 aromatic rings. The molecule has 0 heterocycles. The number of aliphatic carboxylic acids is 1. The standard InChI is InChI=1S/C30H40N4O8/c1-20(30(38)39)34(2)28(36)11-13-40-15-16-41-14-12-32-29(37)26(17-27(31)35)33-19-42-18-25-23-9-5-3-7-21(23)22-8-4-6-10-24(22)25/h3-10,20,25-26,33H,11-19H2,1-2H3,(H2,31,35)(H,32,37)(H,38,39). The summed E-state index contributed by atoms with van der Waals surface area (Å²) in [6, 6.07) is 14.7. The number of fused-ring (bicyclic) bond motifs is 3. The summed E-state index contributed by atoms with van der Waals surface area (Å²) in [6.45, 7) is 2.95. The molecule has 5 N–H and O–H groups in total. The Morgan fingerprint density at radius 2 is 1.52 bits per heavy atom. The summed E-state index contributed by atoms with van der Waals surface area (Å²) in [5.74, 6) is -2.34. The summed E-state index contributed by atoms with van der Waals surface area (Å²) < 4.78 is 16.7. The molecule has 0 radical (unpaired) electrons. The normalized spacial score (nSPS) is 13.6. The largest absolute Gasteiger partial charge is 0.480 e. The SMILES string of the molecule is CC(C(=O)O)N(C)C(=O)CCOCCOCCNC(=O)C(CC(N)=O)NCOCC1c2ccccc2-c2ccccc21. The highest BCUT2D eigenvalue weighted by atomic mass is 16.5. The zero-order chi connectivity index (χ0) is 30.5. The summed E-state index contributed by atoms with van der Waals surface area (Å²) in [5, 5.41) is 14.6. The molecule has 12 heteroatoms. The minimum atomic E-state index is -1.07. The number of hydrogen-bond acceptors (Lipinski definition) is 8. The van der Waals surface area contributed by atoms with Crippen LogP contribution in [0.25, 0.3) is 11.1 Å². The van der Waals surface area contributed by atoms with Crippen LogP contribution in [0.3, 0.4) is 0 Å². The second-order valence-electron chi connectivity index (χ2n) is 9.95. The first kappa shape index (κ1) is 32.7. The van der Waals surface area contributed by atoms with Crippen LogP contribution in [0.1, 0.15) is 36.8 Å². The van der Waals surface area contributed by atoms with Crippen LogP contribution in [0, 0.1) is 0 Å². The fraction of sp³-hybridized carbons (Fsp3) is 0.467. The van der Waals surface area contributed by atoms with E-state index >= 15 is 0 Å². The summed E-state index contributed by atoms with van der Waals surface area (Å²) in [6.07, 6.45) is -0.123. The Balaban J connectivity index is 1.31. The third kappa shape index (κ3) is 9.35. The molecule has 0 fully saturated rings. The molecule has 1 aliphatic carbocycles. The van der Waals surface area contributed by atoms with Gasteiger partial charge in [-0.25, -0.2) is 4.79 Å². The zero-order valence-corrected chi connectivity index (χ0v) is 24.0. The average molecular weight is 585 g/mol. The maximum absolute atomic E-state index is 12.6. The number of amides is 3. The molecule has 0 saturated heterocycles. The van der Waals surface area contributed by atoms with E-state index in [0.29, 0.717) is 6.61 Å². The minimum absolute atomic E-state index is 0.0589. The first-order valence-electron chi connectivity index (χ1n) is 13.9. The van der Waals surface area contributed by atoms with E-state index in [4.69, 9.17) is 25.1 Å². The second kappa shape index (κ2) is 16.6. The number of carboxylic acid groups (broad SMARTS) is 1. The van der Waals surface area contributed by atoms with Crippen molar-refractivity contribution in [1.82, 2.24) is 15.5 Å². The Bertz CT molecular complexity index is 1180. The molecule has 42 heavy (non-hydrogen) atoms. The lowest BCUT2D eigenvalue weighted by Crippen LogP contribution is -2.47. The Morgan fingerprint density at radius 3 is 2.12 bits per heavy atom. The van der Waals surface area contributed by atoms with E-state index < -0.39 is 29.9 Å². The monoisotopic (exact) mass is 584 g/mol. The van der Waals surface area contributed by atoms with Crippen molar-refractivity contribution in [3.8, 4) is 11.1 Å². The number of carboxylic acids is 1. The van der Waals surface area contributed by atoms with Gasteiger partial charge in [0.2, 0.25) is 17.7 Å². The summed E-state index contributed by atoms with van der Waals surface area (Å²) in [7, 11) is 1.43. The number of nitrogens with two attached hydrogens (primary N) is 1. The van der Waals surface area contributed by atoms with Gasteiger partial charge in [0.1, 0.15) is 6.04 Å². The molecule has 228 valence electrons. The van der Waals surface area contributed by atoms with Gasteiger partial charge >= 0.3 is 5.97 Å². The van der Waals surface area contributed by atoms with Crippen LogP contribution in [0.15, 0.2) is 48.5 Å². The smallest absolute Gasteiger partial charge is 0.326 e. The van der Waals surface area contributed by atoms with Gasteiger partial charge in [-0.1, -0.05) is 48.5 Å². The van der Waals surface area contributed by atoms with Crippen LogP contribution in [-0.2, 0) is 33.4 Å². The van der Waals surface area contributed by atoms with Gasteiger partial charge in [-0.15, -0.1) is 0 Å². The van der Waals surface area contributed by atoms with Crippen LogP contribution in [0.5, 0.6) is 0 Å². The maximum Gasteiger partial charge on any atom is 0.326 e. The number of hydrogen-bond donors (Lipinski definition) is 4. The fourth-order valence-electron chi connectivity index (χ4n) is 4.64. The highest BCUT2D eigenvalue weighted by Gasteiger charge is 2.28. The highest BCUT2D eigenvalue weighted by molar-refractivity contribution is 5.87. The predicted octanol–water partition coefficient (Wildman–Crippen LogP) is 1.08. The van der Waals surface area contributed by atoms with Crippen molar-refractivity contribution in [2.24, 2.45) is 5.73 Å². The summed E-state index contributed by atoms with van der Waals surface area (Å²) in [4.78, 5) is 48.3. The van der Waals surface area contributed by atoms with E-state index in [1.807, 2.05) is 24.3 Å². The third-order valence-electron chi connectivity index (χ3n) is 7.11. The van der Waals surface area contributed by atoms with Gasteiger partial charge in [-0.2, -0.15) is 0 Å². The molecule has 0 aromatic heterocycles. The minimum Gasteiger partial charge on any atom is -0.480 e. The van der Waals surface area contributed by atoms with Gasteiger partial charge in [-0.05, 0) is 29.2 Å². The highest BCUT2D eigenvalue weighted by Crippen LogP contribution is 2.44. The Morgan fingerprint density at radius 1 is 0.929 bits per heavy atom. The lowest BCUT2D eigenvalue weighted by atomic mass is 9.98. The van der Waals surface area contributed by atoms with Crippen molar-refractivity contribution in [1.29, 1.82) is 0 Å². The van der Waals surface area contributed by atoms with Crippen molar-refractivity contribution < 1.29 is 38.5 Å². The van der Waals surface area contributed by atoms with Gasteiger partial charge in [0, 0.05) is 19.5 Å². The van der Waals surface area contributed by atoms with Crippen molar-refractivity contribution in [3.05, 3.63) is 59.7 Å². The van der Waals surface area contributed by atoms with Gasteiger partial charge in [0.05, 0.1) is 58.6 Å². The Kier molecular flexibility index (Phi) is 12.9. The van der Waals surface area contributed by atoms with Crippen LogP contribution in [0.2, 0.25) is 0 Å². The Hall–Kier alpha value is -3.84. The van der Waals surface area contributed by atoms with Crippen LogP contribution in [-0.4, -0.2) is 99.1 Å². The maximum atomic E-state index is 12.6. The quantitative estimate of drug-likeness (QED) is 0.139. The molecule has 0 spiro atoms. The summed E-state index contributed by atoms with van der Waals surface area (Å²) in [5.41, 5.74) is 10.1. The number of nitrogens with one attached hydrogen (secondary N) is 2. The van der Waals surface area contributed by atoms with Crippen molar-refractivity contribution in [2.75, 3.05) is 53.4 Å². The number of rotatable bonds is 19. The molecule has 2 aromatic carbocycles. The van der Waals surface area contributed by atoms with E-state index in [0.717, 1.165) is 4.90 Å². The topological polar surface area (TPSA) is 170 Å². The van der Waals surface area contributed by atoms with Gasteiger partial charge in [-0.3, -0.25) is 19.7 Å². The number of carbonyl (C=O) groups excluding carboxylic acids is 3. The van der Waals surface area contributed by atoms with Gasteiger partial charge < -0.3 is 35.3 Å². The molecule has 3 rings (SSSR count). The second-order valence-corrected chi connectivity index (χ2v) is 9.95.